The zero-order chi connectivity index (χ0) is 29.5. The van der Waals surface area contributed by atoms with E-state index in [1.54, 1.807) is 11.0 Å². The summed E-state index contributed by atoms with van der Waals surface area (Å²) < 4.78 is 17.7. The molecule has 0 aliphatic carbocycles. The number of aliphatic hydroxyl groups is 1. The Bertz CT molecular complexity index is 1270. The number of aliphatic hydroxyl groups excluding tert-OH is 1. The molecule has 8 heteroatoms. The van der Waals surface area contributed by atoms with E-state index in [2.05, 4.69) is 25.7 Å². The van der Waals surface area contributed by atoms with Gasteiger partial charge in [0.25, 0.3) is 11.7 Å². The van der Waals surface area contributed by atoms with E-state index in [0.717, 1.165) is 50.2 Å². The number of unbranched alkanes of at least 4 members (excludes halogenated alkanes) is 1. The monoisotopic (exact) mass is 564 g/mol. The first-order valence-corrected chi connectivity index (χ1v) is 15.0. The third-order valence-corrected chi connectivity index (χ3v) is 7.82. The molecule has 0 aromatic heterocycles. The molecular weight excluding hydrogens is 520 g/mol. The molecule has 2 aromatic rings. The lowest BCUT2D eigenvalue weighted by Gasteiger charge is -2.27. The van der Waals surface area contributed by atoms with Gasteiger partial charge in [0.05, 0.1) is 24.8 Å². The average molecular weight is 565 g/mol. The molecule has 2 aliphatic rings. The van der Waals surface area contributed by atoms with Crippen molar-refractivity contribution in [2.75, 3.05) is 39.4 Å². The zero-order valence-electron chi connectivity index (χ0n) is 25.1. The van der Waals surface area contributed by atoms with E-state index < -0.39 is 17.7 Å². The van der Waals surface area contributed by atoms with Crippen molar-refractivity contribution in [3.63, 3.8) is 0 Å². The smallest absolute Gasteiger partial charge is 0.295 e. The molecule has 1 N–H and O–H groups in total. The van der Waals surface area contributed by atoms with Gasteiger partial charge in [-0.25, -0.2) is 0 Å². The summed E-state index contributed by atoms with van der Waals surface area (Å²) in [6.07, 6.45) is 3.41. The van der Waals surface area contributed by atoms with Gasteiger partial charge in [0, 0.05) is 18.5 Å². The highest BCUT2D eigenvalue weighted by Gasteiger charge is 2.46. The zero-order valence-corrected chi connectivity index (χ0v) is 25.1. The van der Waals surface area contributed by atoms with Crippen molar-refractivity contribution in [3.05, 3.63) is 58.7 Å². The molecule has 2 heterocycles. The van der Waals surface area contributed by atoms with Crippen LogP contribution in [0.25, 0.3) is 5.76 Å². The molecular formula is C33H44N2O6. The summed E-state index contributed by atoms with van der Waals surface area (Å²) in [7, 11) is 0. The van der Waals surface area contributed by atoms with Crippen molar-refractivity contribution in [3.8, 4) is 17.2 Å². The predicted octanol–water partition coefficient (Wildman–Crippen LogP) is 5.74. The first-order valence-electron chi connectivity index (χ1n) is 15.0. The first-order chi connectivity index (χ1) is 19.8. The highest BCUT2D eigenvalue weighted by molar-refractivity contribution is 6.46. The number of carbonyl (C=O) groups excluding carboxylic acids is 2. The number of ketones is 1. The number of fused-ring (bicyclic) bond motifs is 1. The number of carbonyl (C=O) groups is 2. The van der Waals surface area contributed by atoms with Crippen LogP contribution in [0, 0.1) is 0 Å². The van der Waals surface area contributed by atoms with E-state index in [0.29, 0.717) is 48.8 Å². The summed E-state index contributed by atoms with van der Waals surface area (Å²) in [6.45, 7) is 14.2. The van der Waals surface area contributed by atoms with Gasteiger partial charge in [0.1, 0.15) is 17.6 Å². The summed E-state index contributed by atoms with van der Waals surface area (Å²) in [5, 5.41) is 11.6. The van der Waals surface area contributed by atoms with E-state index in [-0.39, 0.29) is 17.4 Å². The Morgan fingerprint density at radius 2 is 1.80 bits per heavy atom. The fraction of sp³-hybridized carbons (Fsp3) is 0.515. The SMILES string of the molecule is CCCCOc1ccc([C@@H]2C(=C(O)c3ccc4c(c3)C[C@H](C)O4)C(=O)C(=O)N2CCCN(CC)CC)cc1OCC. The lowest BCUT2D eigenvalue weighted by atomic mass is 9.94. The van der Waals surface area contributed by atoms with Crippen LogP contribution in [0.1, 0.15) is 76.6 Å². The first kappa shape index (κ1) is 30.4. The minimum atomic E-state index is -0.751. The van der Waals surface area contributed by atoms with Gasteiger partial charge < -0.3 is 29.1 Å². The van der Waals surface area contributed by atoms with Gasteiger partial charge in [-0.1, -0.05) is 33.3 Å². The highest BCUT2D eigenvalue weighted by Crippen LogP contribution is 2.43. The summed E-state index contributed by atoms with van der Waals surface area (Å²) in [4.78, 5) is 30.9. The second-order valence-electron chi connectivity index (χ2n) is 10.7. The molecule has 0 bridgehead atoms. The van der Waals surface area contributed by atoms with Crippen LogP contribution in [-0.2, 0) is 16.0 Å². The number of ether oxygens (including phenoxy) is 3. The fourth-order valence-electron chi connectivity index (χ4n) is 5.60. The Morgan fingerprint density at radius 1 is 1.02 bits per heavy atom. The Kier molecular flexibility index (Phi) is 10.3. The minimum Gasteiger partial charge on any atom is -0.507 e. The Labute approximate surface area is 243 Å². The maximum atomic E-state index is 13.6. The van der Waals surface area contributed by atoms with Crippen molar-refractivity contribution in [1.82, 2.24) is 9.80 Å². The van der Waals surface area contributed by atoms with Crippen LogP contribution in [0.3, 0.4) is 0 Å². The molecule has 2 aliphatic heterocycles. The van der Waals surface area contributed by atoms with Crippen LogP contribution in [0.15, 0.2) is 42.0 Å². The van der Waals surface area contributed by atoms with Gasteiger partial charge >= 0.3 is 0 Å². The van der Waals surface area contributed by atoms with E-state index >= 15 is 0 Å². The lowest BCUT2D eigenvalue weighted by Crippen LogP contribution is -2.33. The molecule has 2 atom stereocenters. The van der Waals surface area contributed by atoms with E-state index in [4.69, 9.17) is 14.2 Å². The molecule has 1 amide bonds. The summed E-state index contributed by atoms with van der Waals surface area (Å²) in [6, 6.07) is 10.2. The number of Topliss-reactive ketones (excluding diaryl/α,β-unsaturated/α-hetero) is 1. The van der Waals surface area contributed by atoms with E-state index in [1.807, 2.05) is 44.2 Å². The number of rotatable bonds is 14. The maximum absolute atomic E-state index is 13.6. The Hall–Kier alpha value is -3.52. The normalized spacial score (nSPS) is 19.5. The van der Waals surface area contributed by atoms with Crippen LogP contribution >= 0.6 is 0 Å². The van der Waals surface area contributed by atoms with Gasteiger partial charge in [-0.15, -0.1) is 0 Å². The molecule has 0 unspecified atom stereocenters. The Balaban J connectivity index is 1.76. The van der Waals surface area contributed by atoms with Crippen molar-refractivity contribution in [2.24, 2.45) is 0 Å². The Morgan fingerprint density at radius 3 is 2.51 bits per heavy atom. The number of amides is 1. The largest absolute Gasteiger partial charge is 0.507 e. The molecule has 0 radical (unpaired) electrons. The fourth-order valence-corrected chi connectivity index (χ4v) is 5.60. The summed E-state index contributed by atoms with van der Waals surface area (Å²) >= 11 is 0. The van der Waals surface area contributed by atoms with Crippen LogP contribution < -0.4 is 14.2 Å². The molecule has 1 saturated heterocycles. The molecule has 1 fully saturated rings. The van der Waals surface area contributed by atoms with Crippen LogP contribution in [-0.4, -0.2) is 72.1 Å². The van der Waals surface area contributed by atoms with Crippen molar-refractivity contribution >= 4 is 17.4 Å². The van der Waals surface area contributed by atoms with Crippen LogP contribution in [0.2, 0.25) is 0 Å². The molecule has 8 nitrogen and oxygen atoms in total. The molecule has 0 spiro atoms. The van der Waals surface area contributed by atoms with Gasteiger partial charge in [0.2, 0.25) is 0 Å². The second kappa shape index (κ2) is 13.9. The van der Waals surface area contributed by atoms with Crippen molar-refractivity contribution in [2.45, 2.75) is 72.4 Å². The predicted molar refractivity (Wildman–Crippen MR) is 160 cm³/mol. The average Bonchev–Trinajstić information content (AvgIpc) is 3.46. The topological polar surface area (TPSA) is 88.5 Å². The quantitative estimate of drug-likeness (QED) is 0.135. The third-order valence-electron chi connectivity index (χ3n) is 7.82. The molecule has 4 rings (SSSR count). The highest BCUT2D eigenvalue weighted by atomic mass is 16.5. The summed E-state index contributed by atoms with van der Waals surface area (Å²) in [5.74, 6) is 0.497. The number of hydrogen-bond donors (Lipinski definition) is 1. The molecule has 0 saturated carbocycles. The third kappa shape index (κ3) is 6.70. The van der Waals surface area contributed by atoms with Gasteiger partial charge in [-0.2, -0.15) is 0 Å². The van der Waals surface area contributed by atoms with Crippen LogP contribution in [0.4, 0.5) is 0 Å². The second-order valence-corrected chi connectivity index (χ2v) is 10.7. The number of benzene rings is 2. The molecule has 2 aromatic carbocycles. The van der Waals surface area contributed by atoms with Gasteiger partial charge in [-0.05, 0) is 87.8 Å². The maximum Gasteiger partial charge on any atom is 0.295 e. The number of hydrogen-bond acceptors (Lipinski definition) is 7. The molecule has 222 valence electrons. The van der Waals surface area contributed by atoms with Crippen molar-refractivity contribution < 1.29 is 28.9 Å². The van der Waals surface area contributed by atoms with Gasteiger partial charge in [0.15, 0.2) is 11.5 Å². The minimum absolute atomic E-state index is 0.0498. The number of likely N-dealkylation sites (tertiary alicyclic amines) is 1. The lowest BCUT2D eigenvalue weighted by molar-refractivity contribution is -0.140. The van der Waals surface area contributed by atoms with E-state index in [1.165, 1.54) is 0 Å². The van der Waals surface area contributed by atoms with Crippen molar-refractivity contribution in [1.29, 1.82) is 0 Å². The van der Waals surface area contributed by atoms with E-state index in [9.17, 15) is 14.7 Å². The number of nitrogens with zero attached hydrogens (tertiary/aromatic N) is 2. The summed E-state index contributed by atoms with van der Waals surface area (Å²) in [5.41, 5.74) is 2.25. The standard InChI is InChI=1S/C33H44N2O6/c1-6-10-18-40-27-15-12-23(21-28(27)39-9-4)30-29(31(36)24-13-14-26-25(20-24)19-22(5)41-26)32(37)33(38)35(30)17-11-16-34(7-2)8-3/h12-15,20-22,30,36H,6-11,16-19H2,1-5H3/t22-,30+/m0/s1. The van der Waals surface area contributed by atoms with Gasteiger partial charge in [-0.3, -0.25) is 9.59 Å². The van der Waals surface area contributed by atoms with Crippen LogP contribution in [0.5, 0.6) is 17.2 Å². The molecule has 41 heavy (non-hydrogen) atoms.